The summed E-state index contributed by atoms with van der Waals surface area (Å²) in [6, 6.07) is 7.53. The first-order valence-electron chi connectivity index (χ1n) is 10.1. The van der Waals surface area contributed by atoms with E-state index in [0.717, 1.165) is 13.1 Å². The third-order valence-electron chi connectivity index (χ3n) is 4.84. The van der Waals surface area contributed by atoms with Crippen LogP contribution in [0.1, 0.15) is 30.6 Å². The average molecular weight is 415 g/mol. The van der Waals surface area contributed by atoms with Crippen molar-refractivity contribution in [2.75, 3.05) is 45.1 Å². The summed E-state index contributed by atoms with van der Waals surface area (Å²) in [5.74, 6) is -0.626. The monoisotopic (exact) mass is 414 g/mol. The van der Waals surface area contributed by atoms with Gasteiger partial charge in [0.2, 0.25) is 5.91 Å². The molecule has 1 aliphatic heterocycles. The number of likely N-dealkylation sites (N-methyl/N-ethyl adjacent to an activating group) is 1. The lowest BCUT2D eigenvalue weighted by atomic mass is 10.0. The van der Waals surface area contributed by atoms with Crippen LogP contribution in [0.3, 0.4) is 0 Å². The molecule has 1 aliphatic rings. The molecule has 1 fully saturated rings. The van der Waals surface area contributed by atoms with Gasteiger partial charge in [0.1, 0.15) is 12.6 Å². The van der Waals surface area contributed by atoms with E-state index in [1.54, 1.807) is 29.2 Å². The molecule has 0 saturated carbocycles. The van der Waals surface area contributed by atoms with Crippen molar-refractivity contribution in [3.63, 3.8) is 0 Å². The van der Waals surface area contributed by atoms with Crippen molar-refractivity contribution in [1.82, 2.24) is 20.4 Å². The van der Waals surface area contributed by atoms with Crippen molar-refractivity contribution in [1.29, 1.82) is 5.26 Å². The number of carbonyl (C=O) groups is 3. The molecule has 30 heavy (non-hydrogen) atoms. The Balaban J connectivity index is 2.02. The Bertz CT molecular complexity index is 796. The van der Waals surface area contributed by atoms with Crippen molar-refractivity contribution in [3.05, 3.63) is 29.8 Å². The summed E-state index contributed by atoms with van der Waals surface area (Å²) in [6.07, 6.45) is 0.447. The molecule has 0 unspecified atom stereocenters. The molecule has 1 aromatic carbocycles. The number of hydrogen-bond acceptors (Lipinski definition) is 5. The summed E-state index contributed by atoms with van der Waals surface area (Å²) in [5, 5.41) is 16.7. The van der Waals surface area contributed by atoms with E-state index < -0.39 is 17.9 Å². The van der Waals surface area contributed by atoms with Gasteiger partial charge < -0.3 is 25.8 Å². The number of piperazine rings is 1. The molecule has 4 amide bonds. The van der Waals surface area contributed by atoms with Crippen LogP contribution in [0.5, 0.6) is 0 Å². The predicted molar refractivity (Wildman–Crippen MR) is 114 cm³/mol. The second kappa shape index (κ2) is 11.2. The molecule has 1 atom stereocenters. The van der Waals surface area contributed by atoms with E-state index in [4.69, 9.17) is 5.26 Å². The number of benzene rings is 1. The molecule has 162 valence electrons. The first-order valence-corrected chi connectivity index (χ1v) is 10.1. The third kappa shape index (κ3) is 7.04. The second-order valence-electron chi connectivity index (χ2n) is 7.83. The number of nitriles is 1. The van der Waals surface area contributed by atoms with E-state index in [0.29, 0.717) is 30.8 Å². The van der Waals surface area contributed by atoms with Crippen LogP contribution in [-0.4, -0.2) is 73.5 Å². The zero-order valence-corrected chi connectivity index (χ0v) is 17.8. The fourth-order valence-electron chi connectivity index (χ4n) is 3.14. The van der Waals surface area contributed by atoms with Gasteiger partial charge in [-0.05, 0) is 37.6 Å². The van der Waals surface area contributed by atoms with E-state index >= 15 is 0 Å². The van der Waals surface area contributed by atoms with Gasteiger partial charge in [0, 0.05) is 37.4 Å². The Morgan fingerprint density at radius 2 is 1.87 bits per heavy atom. The minimum absolute atomic E-state index is 0.114. The zero-order valence-electron chi connectivity index (χ0n) is 17.8. The van der Waals surface area contributed by atoms with Crippen LogP contribution in [0.25, 0.3) is 0 Å². The van der Waals surface area contributed by atoms with Gasteiger partial charge in [-0.1, -0.05) is 19.9 Å². The number of hydrogen-bond donors (Lipinski definition) is 3. The maximum Gasteiger partial charge on any atom is 0.321 e. The third-order valence-corrected chi connectivity index (χ3v) is 4.84. The summed E-state index contributed by atoms with van der Waals surface area (Å²) in [7, 11) is 2.02. The van der Waals surface area contributed by atoms with Crippen LogP contribution in [0.15, 0.2) is 24.3 Å². The lowest BCUT2D eigenvalue weighted by Gasteiger charge is -2.32. The number of urea groups is 1. The molecular formula is C21H30N6O3. The number of anilines is 1. The normalized spacial score (nSPS) is 15.2. The van der Waals surface area contributed by atoms with E-state index in [9.17, 15) is 14.4 Å². The first-order chi connectivity index (χ1) is 14.3. The highest BCUT2D eigenvalue weighted by atomic mass is 16.2. The number of rotatable bonds is 7. The molecule has 1 heterocycles. The van der Waals surface area contributed by atoms with Crippen molar-refractivity contribution < 1.29 is 14.4 Å². The van der Waals surface area contributed by atoms with E-state index in [1.807, 2.05) is 27.0 Å². The smallest absolute Gasteiger partial charge is 0.321 e. The molecule has 1 saturated heterocycles. The Hall–Kier alpha value is -3.12. The quantitative estimate of drug-likeness (QED) is 0.581. The highest BCUT2D eigenvalue weighted by Gasteiger charge is 2.23. The van der Waals surface area contributed by atoms with Crippen LogP contribution in [-0.2, 0) is 4.79 Å². The van der Waals surface area contributed by atoms with Crippen LogP contribution < -0.4 is 16.0 Å². The zero-order chi connectivity index (χ0) is 22.1. The molecule has 0 spiro atoms. The van der Waals surface area contributed by atoms with Crippen LogP contribution in [0.4, 0.5) is 10.5 Å². The Morgan fingerprint density at radius 3 is 2.50 bits per heavy atom. The molecule has 2 rings (SSSR count). The lowest BCUT2D eigenvalue weighted by molar-refractivity contribution is -0.123. The molecule has 9 nitrogen and oxygen atoms in total. The molecular weight excluding hydrogens is 384 g/mol. The minimum atomic E-state index is -0.741. The van der Waals surface area contributed by atoms with Gasteiger partial charge in [-0.25, -0.2) is 4.79 Å². The Kier molecular flexibility index (Phi) is 8.62. The summed E-state index contributed by atoms with van der Waals surface area (Å²) < 4.78 is 0. The van der Waals surface area contributed by atoms with E-state index in [2.05, 4.69) is 20.9 Å². The Labute approximate surface area is 177 Å². The van der Waals surface area contributed by atoms with Crippen molar-refractivity contribution >= 4 is 23.5 Å². The fourth-order valence-corrected chi connectivity index (χ4v) is 3.14. The summed E-state index contributed by atoms with van der Waals surface area (Å²) in [5.41, 5.74) is 0.855. The largest absolute Gasteiger partial charge is 0.341 e. The van der Waals surface area contributed by atoms with E-state index in [-0.39, 0.29) is 18.5 Å². The maximum atomic E-state index is 12.7. The SMILES string of the molecule is CC(C)C[C@H](NC(=O)c1cccc(NC(=O)N2CCN(C)CC2)c1)C(=O)NCC#N. The first kappa shape index (κ1) is 23.2. The van der Waals surface area contributed by atoms with Gasteiger partial charge >= 0.3 is 6.03 Å². The molecule has 0 aliphatic carbocycles. The van der Waals surface area contributed by atoms with Gasteiger partial charge in [-0.2, -0.15) is 5.26 Å². The molecule has 3 N–H and O–H groups in total. The molecule has 0 radical (unpaired) electrons. The minimum Gasteiger partial charge on any atom is -0.341 e. The van der Waals surface area contributed by atoms with Gasteiger partial charge in [0.25, 0.3) is 5.91 Å². The van der Waals surface area contributed by atoms with Crippen molar-refractivity contribution in [2.24, 2.45) is 5.92 Å². The second-order valence-corrected chi connectivity index (χ2v) is 7.83. The van der Waals surface area contributed by atoms with Crippen LogP contribution in [0, 0.1) is 17.2 Å². The highest BCUT2D eigenvalue weighted by Crippen LogP contribution is 2.13. The molecule has 0 aromatic heterocycles. The lowest BCUT2D eigenvalue weighted by Crippen LogP contribution is -2.48. The number of amides is 4. The molecule has 0 bridgehead atoms. The topological polar surface area (TPSA) is 118 Å². The maximum absolute atomic E-state index is 12.7. The number of nitrogens with zero attached hydrogens (tertiary/aromatic N) is 3. The summed E-state index contributed by atoms with van der Waals surface area (Å²) in [4.78, 5) is 41.3. The average Bonchev–Trinajstić information content (AvgIpc) is 2.71. The van der Waals surface area contributed by atoms with Crippen LogP contribution >= 0.6 is 0 Å². The number of carbonyl (C=O) groups excluding carboxylic acids is 3. The molecule has 9 heteroatoms. The van der Waals surface area contributed by atoms with Crippen LogP contribution in [0.2, 0.25) is 0 Å². The van der Waals surface area contributed by atoms with E-state index in [1.165, 1.54) is 0 Å². The fraction of sp³-hybridized carbons (Fsp3) is 0.524. The highest BCUT2D eigenvalue weighted by molar-refractivity contribution is 5.99. The summed E-state index contributed by atoms with van der Waals surface area (Å²) in [6.45, 7) is 6.73. The number of nitrogens with one attached hydrogen (secondary N) is 3. The molecule has 1 aromatic rings. The Morgan fingerprint density at radius 1 is 1.17 bits per heavy atom. The van der Waals surface area contributed by atoms with Crippen molar-refractivity contribution in [3.8, 4) is 6.07 Å². The van der Waals surface area contributed by atoms with Gasteiger partial charge in [0.15, 0.2) is 0 Å². The van der Waals surface area contributed by atoms with Gasteiger partial charge in [0.05, 0.1) is 6.07 Å². The predicted octanol–water partition coefficient (Wildman–Crippen LogP) is 1.25. The standard InChI is InChI=1S/C21H30N6O3/c1-15(2)13-18(20(29)23-8-7-22)25-19(28)16-5-4-6-17(14-16)24-21(30)27-11-9-26(3)10-12-27/h4-6,14-15,18H,8-13H2,1-3H3,(H,23,29)(H,24,30)(H,25,28)/t18-/m0/s1. The van der Waals surface area contributed by atoms with Crippen molar-refractivity contribution in [2.45, 2.75) is 26.3 Å². The van der Waals surface area contributed by atoms with Gasteiger partial charge in [-0.15, -0.1) is 0 Å². The van der Waals surface area contributed by atoms with Gasteiger partial charge in [-0.3, -0.25) is 9.59 Å². The summed E-state index contributed by atoms with van der Waals surface area (Å²) >= 11 is 0.